The fourth-order valence-corrected chi connectivity index (χ4v) is 4.16. The highest BCUT2D eigenvalue weighted by molar-refractivity contribution is 6.02. The Labute approximate surface area is 180 Å². The molecule has 0 radical (unpaired) electrons. The lowest BCUT2D eigenvalue weighted by atomic mass is 9.72. The Morgan fingerprint density at radius 3 is 2.45 bits per heavy atom. The summed E-state index contributed by atoms with van der Waals surface area (Å²) in [7, 11) is 0. The SMILES string of the molecule is CC(C)(C)[C@](O)(C(=O)O)[C@H]1OCCN(c2ccc3ccc(=O)n(CC4CC4)c3c2)C1=O. The maximum absolute atomic E-state index is 13.3. The number of hydrogen-bond donors (Lipinski definition) is 2. The van der Waals surface area contributed by atoms with Crippen molar-refractivity contribution >= 4 is 28.5 Å². The van der Waals surface area contributed by atoms with Crippen LogP contribution >= 0.6 is 0 Å². The summed E-state index contributed by atoms with van der Waals surface area (Å²) in [4.78, 5) is 39.2. The van der Waals surface area contributed by atoms with Crippen LogP contribution in [-0.4, -0.2) is 51.5 Å². The topological polar surface area (TPSA) is 109 Å². The van der Waals surface area contributed by atoms with Gasteiger partial charge in [-0.05, 0) is 42.3 Å². The van der Waals surface area contributed by atoms with Crippen molar-refractivity contribution in [3.63, 3.8) is 0 Å². The molecular weight excluding hydrogens is 400 g/mol. The third kappa shape index (κ3) is 3.64. The number of benzene rings is 1. The highest BCUT2D eigenvalue weighted by Crippen LogP contribution is 2.38. The van der Waals surface area contributed by atoms with Crippen molar-refractivity contribution in [2.75, 3.05) is 18.1 Å². The van der Waals surface area contributed by atoms with Crippen LogP contribution in [0.3, 0.4) is 0 Å². The fraction of sp³-hybridized carbons (Fsp3) is 0.522. The van der Waals surface area contributed by atoms with Gasteiger partial charge >= 0.3 is 5.97 Å². The summed E-state index contributed by atoms with van der Waals surface area (Å²) in [6.45, 7) is 5.63. The first kappa shape index (κ1) is 21.5. The van der Waals surface area contributed by atoms with Gasteiger partial charge in [-0.1, -0.05) is 26.8 Å². The molecule has 8 nitrogen and oxygen atoms in total. The van der Waals surface area contributed by atoms with Crippen LogP contribution in [-0.2, 0) is 20.9 Å². The number of morpholine rings is 1. The molecule has 31 heavy (non-hydrogen) atoms. The van der Waals surface area contributed by atoms with Crippen LogP contribution in [0.1, 0.15) is 33.6 Å². The van der Waals surface area contributed by atoms with E-state index < -0.39 is 29.0 Å². The Morgan fingerprint density at radius 2 is 1.84 bits per heavy atom. The van der Waals surface area contributed by atoms with E-state index in [1.807, 2.05) is 6.07 Å². The van der Waals surface area contributed by atoms with Crippen molar-refractivity contribution in [2.24, 2.45) is 11.3 Å². The Kier molecular flexibility index (Phi) is 5.18. The molecule has 1 aliphatic heterocycles. The smallest absolute Gasteiger partial charge is 0.339 e. The van der Waals surface area contributed by atoms with Gasteiger partial charge in [0.05, 0.1) is 12.1 Å². The number of hydrogen-bond acceptors (Lipinski definition) is 5. The molecule has 0 unspecified atom stereocenters. The maximum atomic E-state index is 13.3. The normalized spacial score (nSPS) is 21.9. The zero-order chi connectivity index (χ0) is 22.6. The molecule has 0 spiro atoms. The van der Waals surface area contributed by atoms with Gasteiger partial charge in [-0.15, -0.1) is 0 Å². The molecule has 2 aliphatic rings. The number of anilines is 1. The van der Waals surface area contributed by atoms with E-state index in [9.17, 15) is 24.6 Å². The number of amides is 1. The highest BCUT2D eigenvalue weighted by atomic mass is 16.5. The second kappa shape index (κ2) is 7.46. The van der Waals surface area contributed by atoms with Crippen LogP contribution in [0.2, 0.25) is 0 Å². The monoisotopic (exact) mass is 428 g/mol. The number of aromatic nitrogens is 1. The molecule has 1 saturated heterocycles. The maximum Gasteiger partial charge on any atom is 0.339 e. The molecule has 2 aromatic rings. The first-order valence-electron chi connectivity index (χ1n) is 10.6. The van der Waals surface area contributed by atoms with Crippen LogP contribution in [0.15, 0.2) is 35.1 Å². The molecule has 166 valence electrons. The molecule has 8 heteroatoms. The summed E-state index contributed by atoms with van der Waals surface area (Å²) in [5.41, 5.74) is -2.35. The number of carboxylic acid groups (broad SMARTS) is 1. The van der Waals surface area contributed by atoms with E-state index in [0.29, 0.717) is 18.2 Å². The van der Waals surface area contributed by atoms with E-state index >= 15 is 0 Å². The van der Waals surface area contributed by atoms with Crippen LogP contribution in [0.4, 0.5) is 5.69 Å². The number of pyridine rings is 1. The fourth-order valence-electron chi connectivity index (χ4n) is 4.16. The van der Waals surface area contributed by atoms with E-state index in [2.05, 4.69) is 0 Å². The van der Waals surface area contributed by atoms with E-state index in [-0.39, 0.29) is 18.7 Å². The van der Waals surface area contributed by atoms with Crippen molar-refractivity contribution in [1.82, 2.24) is 4.57 Å². The van der Waals surface area contributed by atoms with Gasteiger partial charge in [0.1, 0.15) is 0 Å². The van der Waals surface area contributed by atoms with E-state index in [1.54, 1.807) is 49.6 Å². The lowest BCUT2D eigenvalue weighted by molar-refractivity contribution is -0.203. The molecular formula is C23H28N2O6. The first-order chi connectivity index (χ1) is 14.5. The Hall–Kier alpha value is -2.71. The zero-order valence-electron chi connectivity index (χ0n) is 18.0. The number of nitrogens with zero attached hydrogens (tertiary/aromatic N) is 2. The summed E-state index contributed by atoms with van der Waals surface area (Å²) in [6, 6.07) is 8.72. The first-order valence-corrected chi connectivity index (χ1v) is 10.6. The third-order valence-corrected chi connectivity index (χ3v) is 6.36. The Morgan fingerprint density at radius 1 is 1.16 bits per heavy atom. The minimum Gasteiger partial charge on any atom is -0.479 e. The predicted octanol–water partition coefficient (Wildman–Crippen LogP) is 2.01. The molecule has 2 heterocycles. The molecule has 2 atom stereocenters. The second-order valence-electron chi connectivity index (χ2n) is 9.53. The number of aliphatic carboxylic acids is 1. The van der Waals surface area contributed by atoms with Crippen LogP contribution in [0, 0.1) is 11.3 Å². The highest BCUT2D eigenvalue weighted by Gasteiger charge is 2.59. The van der Waals surface area contributed by atoms with Gasteiger partial charge in [0.15, 0.2) is 6.10 Å². The largest absolute Gasteiger partial charge is 0.479 e. The number of carbonyl (C=O) groups excluding carboxylic acids is 1. The van der Waals surface area contributed by atoms with Gasteiger partial charge < -0.3 is 24.4 Å². The molecule has 1 aliphatic carbocycles. The van der Waals surface area contributed by atoms with Crippen molar-refractivity contribution in [2.45, 2.75) is 51.9 Å². The lowest BCUT2D eigenvalue weighted by Gasteiger charge is -2.44. The van der Waals surface area contributed by atoms with Crippen molar-refractivity contribution in [3.05, 3.63) is 40.7 Å². The van der Waals surface area contributed by atoms with Gasteiger partial charge in [0.25, 0.3) is 11.5 Å². The van der Waals surface area contributed by atoms with Crippen molar-refractivity contribution in [1.29, 1.82) is 0 Å². The summed E-state index contributed by atoms with van der Waals surface area (Å²) >= 11 is 0. The summed E-state index contributed by atoms with van der Waals surface area (Å²) in [5.74, 6) is -1.62. The number of rotatable bonds is 5. The molecule has 4 rings (SSSR count). The summed E-state index contributed by atoms with van der Waals surface area (Å²) < 4.78 is 7.25. The lowest BCUT2D eigenvalue weighted by Crippen LogP contribution is -2.66. The van der Waals surface area contributed by atoms with Crippen LogP contribution in [0.25, 0.3) is 10.9 Å². The number of fused-ring (bicyclic) bond motifs is 1. The number of carboxylic acids is 1. The van der Waals surface area contributed by atoms with E-state index in [1.165, 1.54) is 4.90 Å². The Bertz CT molecular complexity index is 1100. The summed E-state index contributed by atoms with van der Waals surface area (Å²) in [6.07, 6.45) is 0.665. The minimum absolute atomic E-state index is 0.0871. The molecule has 1 amide bonds. The molecule has 0 bridgehead atoms. The van der Waals surface area contributed by atoms with Gasteiger partial charge in [-0.3, -0.25) is 9.59 Å². The van der Waals surface area contributed by atoms with Crippen LogP contribution < -0.4 is 10.5 Å². The van der Waals surface area contributed by atoms with Crippen molar-refractivity contribution < 1.29 is 24.5 Å². The van der Waals surface area contributed by atoms with Gasteiger partial charge in [0, 0.05) is 30.3 Å². The predicted molar refractivity (Wildman–Crippen MR) is 115 cm³/mol. The standard InChI is InChI=1S/C23H28N2O6/c1-22(2,3)23(30,21(28)29)19-20(27)24(10-11-31-19)16-8-6-15-7-9-18(26)25(17(15)12-16)13-14-4-5-14/h6-9,12,14,19,30H,4-5,10-11,13H2,1-3H3,(H,28,29)/t19-,23+/m0/s1. The minimum atomic E-state index is -2.40. The van der Waals surface area contributed by atoms with Crippen molar-refractivity contribution in [3.8, 4) is 0 Å². The average molecular weight is 428 g/mol. The third-order valence-electron chi connectivity index (χ3n) is 6.36. The molecule has 1 saturated carbocycles. The number of ether oxygens (including phenoxy) is 1. The Balaban J connectivity index is 1.74. The molecule has 1 aromatic heterocycles. The van der Waals surface area contributed by atoms with E-state index in [4.69, 9.17) is 4.74 Å². The van der Waals surface area contributed by atoms with Gasteiger partial charge in [-0.25, -0.2) is 4.79 Å². The molecule has 2 fully saturated rings. The number of aliphatic hydroxyl groups is 1. The average Bonchev–Trinajstić information content (AvgIpc) is 3.52. The molecule has 1 aromatic carbocycles. The summed E-state index contributed by atoms with van der Waals surface area (Å²) in [5, 5.41) is 21.7. The quantitative estimate of drug-likeness (QED) is 0.754. The van der Waals surface area contributed by atoms with Gasteiger partial charge in [0.2, 0.25) is 5.60 Å². The van der Waals surface area contributed by atoms with Gasteiger partial charge in [-0.2, -0.15) is 0 Å². The number of carbonyl (C=O) groups is 2. The zero-order valence-corrected chi connectivity index (χ0v) is 18.0. The second-order valence-corrected chi connectivity index (χ2v) is 9.53. The molecule has 2 N–H and O–H groups in total. The van der Waals surface area contributed by atoms with Crippen LogP contribution in [0.5, 0.6) is 0 Å². The van der Waals surface area contributed by atoms with E-state index in [0.717, 1.165) is 23.7 Å².